The number of hydrogen-bond donors (Lipinski definition) is 1. The summed E-state index contributed by atoms with van der Waals surface area (Å²) in [6.07, 6.45) is 0.891. The second-order valence-electron chi connectivity index (χ2n) is 6.42. The topological polar surface area (TPSA) is 59.8 Å². The van der Waals surface area contributed by atoms with Gasteiger partial charge >= 0.3 is 0 Å². The van der Waals surface area contributed by atoms with E-state index in [0.29, 0.717) is 39.8 Å². The molecule has 2 heterocycles. The summed E-state index contributed by atoms with van der Waals surface area (Å²) >= 11 is 5.90. The number of pyridine rings is 1. The van der Waals surface area contributed by atoms with Gasteiger partial charge in [0, 0.05) is 23.3 Å². The molecule has 1 aromatic carbocycles. The first kappa shape index (κ1) is 16.6. The average molecular weight is 346 g/mol. The lowest BCUT2D eigenvalue weighted by atomic mass is 10.1. The van der Waals surface area contributed by atoms with Gasteiger partial charge in [0.05, 0.1) is 16.6 Å². The van der Waals surface area contributed by atoms with Crippen LogP contribution in [0.2, 0.25) is 5.02 Å². The molecule has 2 aromatic heterocycles. The zero-order valence-corrected chi connectivity index (χ0v) is 14.7. The van der Waals surface area contributed by atoms with Gasteiger partial charge in [-0.2, -0.15) is 0 Å². The lowest BCUT2D eigenvalue weighted by Gasteiger charge is -2.11. The molecule has 1 N–H and O–H groups in total. The SMILES string of the molecule is Cc1c2c(=O)n(-c3ccc(Cl)cc3)[nH]c2cc(=O)n1CCC(C)C. The number of fused-ring (bicyclic) bond motifs is 1. The molecule has 0 fully saturated rings. The van der Waals surface area contributed by atoms with Gasteiger partial charge in [-0.15, -0.1) is 0 Å². The molecule has 0 aliphatic carbocycles. The van der Waals surface area contributed by atoms with Gasteiger partial charge < -0.3 is 4.57 Å². The monoisotopic (exact) mass is 345 g/mol. The third-order valence-corrected chi connectivity index (χ3v) is 4.49. The minimum absolute atomic E-state index is 0.0924. The van der Waals surface area contributed by atoms with Crippen LogP contribution in [0.4, 0.5) is 0 Å². The van der Waals surface area contributed by atoms with E-state index in [4.69, 9.17) is 11.6 Å². The molecular formula is C18H20ClN3O2. The highest BCUT2D eigenvalue weighted by molar-refractivity contribution is 6.30. The minimum atomic E-state index is -0.164. The van der Waals surface area contributed by atoms with E-state index in [9.17, 15) is 9.59 Å². The lowest BCUT2D eigenvalue weighted by molar-refractivity contribution is 0.503. The lowest BCUT2D eigenvalue weighted by Crippen LogP contribution is -2.24. The first-order chi connectivity index (χ1) is 11.4. The molecule has 0 amide bonds. The van der Waals surface area contributed by atoms with Crippen molar-refractivity contribution in [3.05, 3.63) is 61.8 Å². The zero-order chi connectivity index (χ0) is 17.4. The van der Waals surface area contributed by atoms with Gasteiger partial charge in [0.25, 0.3) is 11.1 Å². The quantitative estimate of drug-likeness (QED) is 0.786. The molecule has 0 unspecified atom stereocenters. The van der Waals surface area contributed by atoms with E-state index >= 15 is 0 Å². The summed E-state index contributed by atoms with van der Waals surface area (Å²) in [5.41, 5.74) is 1.68. The minimum Gasteiger partial charge on any atom is -0.312 e. The second-order valence-corrected chi connectivity index (χ2v) is 6.86. The normalized spacial score (nSPS) is 11.5. The number of H-pyrrole nitrogens is 1. The Kier molecular flexibility index (Phi) is 4.37. The van der Waals surface area contributed by atoms with Crippen molar-refractivity contribution in [3.63, 3.8) is 0 Å². The average Bonchev–Trinajstić information content (AvgIpc) is 2.84. The number of aryl methyl sites for hydroxylation is 1. The van der Waals surface area contributed by atoms with Gasteiger partial charge in [0.1, 0.15) is 0 Å². The molecule has 0 bridgehead atoms. The van der Waals surface area contributed by atoms with Crippen LogP contribution in [0.1, 0.15) is 26.0 Å². The molecular weight excluding hydrogens is 326 g/mol. The molecule has 3 aromatic rings. The molecule has 0 saturated carbocycles. The van der Waals surface area contributed by atoms with Crippen LogP contribution in [-0.2, 0) is 6.54 Å². The van der Waals surface area contributed by atoms with E-state index in [-0.39, 0.29) is 11.1 Å². The first-order valence-electron chi connectivity index (χ1n) is 7.99. The van der Waals surface area contributed by atoms with Crippen molar-refractivity contribution in [2.45, 2.75) is 33.7 Å². The van der Waals surface area contributed by atoms with E-state index in [1.54, 1.807) is 28.8 Å². The highest BCUT2D eigenvalue weighted by Gasteiger charge is 2.15. The number of hydrogen-bond acceptors (Lipinski definition) is 2. The number of benzene rings is 1. The first-order valence-corrected chi connectivity index (χ1v) is 8.37. The summed E-state index contributed by atoms with van der Waals surface area (Å²) in [7, 11) is 0. The summed E-state index contributed by atoms with van der Waals surface area (Å²) in [5.74, 6) is 0.490. The Morgan fingerprint density at radius 1 is 1.17 bits per heavy atom. The van der Waals surface area contributed by atoms with Crippen LogP contribution in [0, 0.1) is 12.8 Å². The highest BCUT2D eigenvalue weighted by atomic mass is 35.5. The molecule has 0 aliphatic rings. The van der Waals surface area contributed by atoms with E-state index < -0.39 is 0 Å². The van der Waals surface area contributed by atoms with E-state index in [0.717, 1.165) is 6.42 Å². The van der Waals surface area contributed by atoms with Gasteiger partial charge in [0.15, 0.2) is 0 Å². The van der Waals surface area contributed by atoms with Gasteiger partial charge in [-0.25, -0.2) is 4.68 Å². The van der Waals surface area contributed by atoms with Crippen molar-refractivity contribution in [2.24, 2.45) is 5.92 Å². The van der Waals surface area contributed by atoms with Gasteiger partial charge in [-0.1, -0.05) is 25.4 Å². The number of halogens is 1. The second kappa shape index (κ2) is 6.32. The summed E-state index contributed by atoms with van der Waals surface area (Å²) in [6.45, 7) is 6.67. The predicted molar refractivity (Wildman–Crippen MR) is 97.4 cm³/mol. The Morgan fingerprint density at radius 3 is 2.46 bits per heavy atom. The Bertz CT molecular complexity index is 994. The Balaban J connectivity index is 2.18. The number of aromatic nitrogens is 3. The smallest absolute Gasteiger partial charge is 0.280 e. The maximum Gasteiger partial charge on any atom is 0.280 e. The van der Waals surface area contributed by atoms with Crippen molar-refractivity contribution in [2.75, 3.05) is 0 Å². The number of rotatable bonds is 4. The summed E-state index contributed by atoms with van der Waals surface area (Å²) in [4.78, 5) is 25.2. The van der Waals surface area contributed by atoms with Crippen molar-refractivity contribution < 1.29 is 0 Å². The molecule has 24 heavy (non-hydrogen) atoms. The molecule has 6 heteroatoms. The maximum atomic E-state index is 12.8. The van der Waals surface area contributed by atoms with E-state index in [1.807, 2.05) is 6.92 Å². The van der Waals surface area contributed by atoms with Crippen LogP contribution in [-0.4, -0.2) is 14.3 Å². The Labute approximate surface area is 144 Å². The molecule has 3 rings (SSSR count). The summed E-state index contributed by atoms with van der Waals surface area (Å²) < 4.78 is 3.13. The third-order valence-electron chi connectivity index (χ3n) is 4.23. The van der Waals surface area contributed by atoms with Crippen molar-refractivity contribution >= 4 is 22.5 Å². The van der Waals surface area contributed by atoms with Crippen LogP contribution in [0.5, 0.6) is 0 Å². The van der Waals surface area contributed by atoms with Crippen molar-refractivity contribution in [3.8, 4) is 5.69 Å². The number of nitrogens with one attached hydrogen (secondary N) is 1. The van der Waals surface area contributed by atoms with Crippen LogP contribution in [0.15, 0.2) is 39.9 Å². The van der Waals surface area contributed by atoms with Gasteiger partial charge in [0.2, 0.25) is 0 Å². The standard InChI is InChI=1S/C18H20ClN3O2/c1-11(2)8-9-21-12(3)17-15(10-16(21)23)20-22(18(17)24)14-6-4-13(19)5-7-14/h4-7,10-11,20H,8-9H2,1-3H3. The molecule has 0 radical (unpaired) electrons. The zero-order valence-electron chi connectivity index (χ0n) is 14.0. The molecule has 0 spiro atoms. The summed E-state index contributed by atoms with van der Waals surface area (Å²) in [6, 6.07) is 8.47. The Morgan fingerprint density at radius 2 is 1.83 bits per heavy atom. The van der Waals surface area contributed by atoms with Crippen LogP contribution < -0.4 is 11.1 Å². The van der Waals surface area contributed by atoms with Crippen molar-refractivity contribution in [1.82, 2.24) is 14.3 Å². The van der Waals surface area contributed by atoms with Crippen LogP contribution >= 0.6 is 11.6 Å². The number of nitrogens with zero attached hydrogens (tertiary/aromatic N) is 2. The fourth-order valence-corrected chi connectivity index (χ4v) is 2.97. The van der Waals surface area contributed by atoms with Gasteiger partial charge in [-0.3, -0.25) is 14.7 Å². The fourth-order valence-electron chi connectivity index (χ4n) is 2.85. The molecule has 0 saturated heterocycles. The maximum absolute atomic E-state index is 12.8. The summed E-state index contributed by atoms with van der Waals surface area (Å²) in [5, 5.41) is 4.17. The number of aromatic amines is 1. The predicted octanol–water partition coefficient (Wildman–Crippen LogP) is 3.49. The molecule has 0 aliphatic heterocycles. The largest absolute Gasteiger partial charge is 0.312 e. The van der Waals surface area contributed by atoms with E-state index in [2.05, 4.69) is 18.9 Å². The Hall–Kier alpha value is -2.27. The van der Waals surface area contributed by atoms with Crippen LogP contribution in [0.25, 0.3) is 16.6 Å². The van der Waals surface area contributed by atoms with Gasteiger partial charge in [-0.05, 0) is 43.5 Å². The highest BCUT2D eigenvalue weighted by Crippen LogP contribution is 2.16. The molecule has 5 nitrogen and oxygen atoms in total. The van der Waals surface area contributed by atoms with E-state index in [1.165, 1.54) is 10.7 Å². The third kappa shape index (κ3) is 2.91. The molecule has 0 atom stereocenters. The van der Waals surface area contributed by atoms with Crippen LogP contribution in [0.3, 0.4) is 0 Å². The van der Waals surface area contributed by atoms with Crippen molar-refractivity contribution in [1.29, 1.82) is 0 Å². The fraction of sp³-hybridized carbons (Fsp3) is 0.333. The molecule has 126 valence electrons.